The summed E-state index contributed by atoms with van der Waals surface area (Å²) in [6.07, 6.45) is 0. The Hall–Kier alpha value is -1.32. The van der Waals surface area contributed by atoms with E-state index in [2.05, 4.69) is 21.2 Å². The number of hydrogen-bond acceptors (Lipinski definition) is 3. The average molecular weight is 286 g/mol. The SMILES string of the molecule is COc1cc(NC(N)=S)c(C#N)cc1Br. The Morgan fingerprint density at radius 2 is 2.33 bits per heavy atom. The van der Waals surface area contributed by atoms with Gasteiger partial charge in [-0.05, 0) is 34.2 Å². The van der Waals surface area contributed by atoms with Gasteiger partial charge in [0, 0.05) is 6.07 Å². The van der Waals surface area contributed by atoms with Gasteiger partial charge >= 0.3 is 0 Å². The molecule has 78 valence electrons. The van der Waals surface area contributed by atoms with Crippen LogP contribution < -0.4 is 15.8 Å². The first-order valence-electron chi connectivity index (χ1n) is 3.92. The van der Waals surface area contributed by atoms with Crippen LogP contribution in [0.4, 0.5) is 5.69 Å². The van der Waals surface area contributed by atoms with Crippen LogP contribution in [-0.2, 0) is 0 Å². The van der Waals surface area contributed by atoms with Crippen LogP contribution in [0.25, 0.3) is 0 Å². The van der Waals surface area contributed by atoms with E-state index < -0.39 is 0 Å². The fraction of sp³-hybridized carbons (Fsp3) is 0.111. The third-order valence-corrected chi connectivity index (χ3v) is 2.39. The highest BCUT2D eigenvalue weighted by molar-refractivity contribution is 9.10. The topological polar surface area (TPSA) is 71.1 Å². The van der Waals surface area contributed by atoms with Gasteiger partial charge in [-0.3, -0.25) is 0 Å². The normalized spacial score (nSPS) is 9.13. The van der Waals surface area contributed by atoms with Crippen molar-refractivity contribution >= 4 is 38.9 Å². The fourth-order valence-electron chi connectivity index (χ4n) is 1.04. The summed E-state index contributed by atoms with van der Waals surface area (Å²) in [4.78, 5) is 0. The molecule has 0 aromatic heterocycles. The van der Waals surface area contributed by atoms with Crippen LogP contribution in [0.3, 0.4) is 0 Å². The number of ether oxygens (including phenoxy) is 1. The maximum absolute atomic E-state index is 8.88. The minimum absolute atomic E-state index is 0.107. The molecular weight excluding hydrogens is 278 g/mol. The number of anilines is 1. The molecule has 0 spiro atoms. The maximum Gasteiger partial charge on any atom is 0.168 e. The van der Waals surface area contributed by atoms with E-state index in [0.29, 0.717) is 21.5 Å². The molecule has 1 aromatic rings. The van der Waals surface area contributed by atoms with Gasteiger partial charge in [0.25, 0.3) is 0 Å². The quantitative estimate of drug-likeness (QED) is 0.813. The van der Waals surface area contributed by atoms with Crippen LogP contribution in [0.5, 0.6) is 5.75 Å². The molecule has 0 amide bonds. The maximum atomic E-state index is 8.88. The smallest absolute Gasteiger partial charge is 0.168 e. The van der Waals surface area contributed by atoms with Crippen molar-refractivity contribution in [3.05, 3.63) is 22.2 Å². The third kappa shape index (κ3) is 2.81. The monoisotopic (exact) mass is 285 g/mol. The summed E-state index contributed by atoms with van der Waals surface area (Å²) >= 11 is 7.98. The standard InChI is InChI=1S/C9H8BrN3OS/c1-14-8-3-7(13-9(12)15)5(4-11)2-6(8)10/h2-3H,1H3,(H3,12,13,15). The summed E-state index contributed by atoms with van der Waals surface area (Å²) in [5.41, 5.74) is 6.31. The summed E-state index contributed by atoms with van der Waals surface area (Å²) in [6.45, 7) is 0. The predicted octanol–water partition coefficient (Wildman–Crippen LogP) is 1.98. The fourth-order valence-corrected chi connectivity index (χ4v) is 1.65. The molecule has 4 nitrogen and oxygen atoms in total. The zero-order valence-electron chi connectivity index (χ0n) is 7.87. The molecule has 0 aliphatic heterocycles. The lowest BCUT2D eigenvalue weighted by Gasteiger charge is -2.09. The molecular formula is C9H8BrN3OS. The Bertz CT molecular complexity index is 442. The van der Waals surface area contributed by atoms with Crippen molar-refractivity contribution in [1.82, 2.24) is 0 Å². The molecule has 0 fully saturated rings. The van der Waals surface area contributed by atoms with Crippen molar-refractivity contribution in [1.29, 1.82) is 5.26 Å². The number of methoxy groups -OCH3 is 1. The molecule has 0 aliphatic carbocycles. The number of benzene rings is 1. The number of nitrogens with one attached hydrogen (secondary N) is 1. The highest BCUT2D eigenvalue weighted by Gasteiger charge is 2.08. The molecule has 0 saturated heterocycles. The zero-order chi connectivity index (χ0) is 11.4. The number of nitriles is 1. The summed E-state index contributed by atoms with van der Waals surface area (Å²) < 4.78 is 5.79. The Morgan fingerprint density at radius 3 is 2.80 bits per heavy atom. The van der Waals surface area contributed by atoms with Gasteiger partial charge in [-0.1, -0.05) is 0 Å². The molecule has 1 aromatic carbocycles. The summed E-state index contributed by atoms with van der Waals surface area (Å²) in [7, 11) is 1.54. The van der Waals surface area contributed by atoms with E-state index in [4.69, 9.17) is 28.0 Å². The van der Waals surface area contributed by atoms with Crippen molar-refractivity contribution < 1.29 is 4.74 Å². The molecule has 15 heavy (non-hydrogen) atoms. The largest absolute Gasteiger partial charge is 0.495 e. The van der Waals surface area contributed by atoms with E-state index in [1.165, 1.54) is 7.11 Å². The average Bonchev–Trinajstić information content (AvgIpc) is 2.19. The van der Waals surface area contributed by atoms with Crippen molar-refractivity contribution in [2.24, 2.45) is 5.73 Å². The Morgan fingerprint density at radius 1 is 1.67 bits per heavy atom. The van der Waals surface area contributed by atoms with Crippen LogP contribution >= 0.6 is 28.1 Å². The molecule has 0 saturated carbocycles. The Labute approximate surface area is 101 Å². The van der Waals surface area contributed by atoms with Crippen molar-refractivity contribution in [2.75, 3.05) is 12.4 Å². The molecule has 0 radical (unpaired) electrons. The van der Waals surface area contributed by atoms with E-state index in [-0.39, 0.29) is 5.11 Å². The molecule has 0 unspecified atom stereocenters. The molecule has 0 aliphatic rings. The van der Waals surface area contributed by atoms with Gasteiger partial charge < -0.3 is 15.8 Å². The number of nitrogens with two attached hydrogens (primary N) is 1. The number of thiocarbonyl (C=S) groups is 1. The van der Waals surface area contributed by atoms with E-state index in [1.807, 2.05) is 6.07 Å². The summed E-state index contributed by atoms with van der Waals surface area (Å²) in [6, 6.07) is 5.32. The van der Waals surface area contributed by atoms with Crippen molar-refractivity contribution in [2.45, 2.75) is 0 Å². The number of halogens is 1. The van der Waals surface area contributed by atoms with Gasteiger partial charge in [0.15, 0.2) is 5.11 Å². The molecule has 0 heterocycles. The Kier molecular flexibility index (Phi) is 3.88. The van der Waals surface area contributed by atoms with Crippen LogP contribution in [0.1, 0.15) is 5.56 Å². The molecule has 0 atom stereocenters. The first kappa shape index (κ1) is 11.8. The van der Waals surface area contributed by atoms with Crippen molar-refractivity contribution in [3.63, 3.8) is 0 Å². The van der Waals surface area contributed by atoms with Gasteiger partial charge in [0.05, 0.1) is 22.8 Å². The number of hydrogen-bond donors (Lipinski definition) is 2. The second-order valence-corrected chi connectivity index (χ2v) is 3.93. The lowest BCUT2D eigenvalue weighted by atomic mass is 10.2. The first-order chi connectivity index (χ1) is 7.08. The highest BCUT2D eigenvalue weighted by Crippen LogP contribution is 2.30. The minimum atomic E-state index is 0.107. The van der Waals surface area contributed by atoms with E-state index in [9.17, 15) is 0 Å². The number of nitrogens with zero attached hydrogens (tertiary/aromatic N) is 1. The second kappa shape index (κ2) is 4.96. The molecule has 0 bridgehead atoms. The lowest BCUT2D eigenvalue weighted by Crippen LogP contribution is -2.19. The van der Waals surface area contributed by atoms with Crippen LogP contribution in [0.2, 0.25) is 0 Å². The van der Waals surface area contributed by atoms with Crippen molar-refractivity contribution in [3.8, 4) is 11.8 Å². The van der Waals surface area contributed by atoms with Crippen LogP contribution in [0, 0.1) is 11.3 Å². The van der Waals surface area contributed by atoms with E-state index >= 15 is 0 Å². The number of rotatable bonds is 2. The summed E-state index contributed by atoms with van der Waals surface area (Å²) in [5, 5.41) is 11.7. The van der Waals surface area contributed by atoms with Crippen LogP contribution in [0.15, 0.2) is 16.6 Å². The molecule has 3 N–H and O–H groups in total. The van der Waals surface area contributed by atoms with E-state index in [0.717, 1.165) is 0 Å². The Balaban J connectivity index is 3.24. The predicted molar refractivity (Wildman–Crippen MR) is 65.8 cm³/mol. The van der Waals surface area contributed by atoms with Crippen LogP contribution in [-0.4, -0.2) is 12.2 Å². The van der Waals surface area contributed by atoms with Gasteiger partial charge in [-0.15, -0.1) is 0 Å². The van der Waals surface area contributed by atoms with Gasteiger partial charge in [-0.25, -0.2) is 0 Å². The van der Waals surface area contributed by atoms with Gasteiger partial charge in [-0.2, -0.15) is 5.26 Å². The lowest BCUT2D eigenvalue weighted by molar-refractivity contribution is 0.412. The molecule has 1 rings (SSSR count). The van der Waals surface area contributed by atoms with Gasteiger partial charge in [0.2, 0.25) is 0 Å². The van der Waals surface area contributed by atoms with E-state index in [1.54, 1.807) is 12.1 Å². The minimum Gasteiger partial charge on any atom is -0.495 e. The summed E-state index contributed by atoms with van der Waals surface area (Å²) in [5.74, 6) is 0.604. The third-order valence-electron chi connectivity index (χ3n) is 1.67. The highest BCUT2D eigenvalue weighted by atomic mass is 79.9. The van der Waals surface area contributed by atoms with Gasteiger partial charge in [0.1, 0.15) is 11.8 Å². The zero-order valence-corrected chi connectivity index (χ0v) is 10.3. The molecule has 6 heteroatoms. The first-order valence-corrected chi connectivity index (χ1v) is 5.12. The second-order valence-electron chi connectivity index (χ2n) is 2.63.